The molecule has 568 valence electrons. The summed E-state index contributed by atoms with van der Waals surface area (Å²) in [6.07, 6.45) is 2.77. The fourth-order valence-corrected chi connectivity index (χ4v) is 15.3. The van der Waals surface area contributed by atoms with E-state index in [1.807, 2.05) is 39.8 Å². The highest BCUT2D eigenvalue weighted by Gasteiger charge is 2.36. The predicted octanol–water partition coefficient (Wildman–Crippen LogP) is 18.6. The lowest BCUT2D eigenvalue weighted by molar-refractivity contribution is -0.134. The summed E-state index contributed by atoms with van der Waals surface area (Å²) in [5.41, 5.74) is 6.79. The molecule has 12 rings (SSSR count). The molecule has 23 nitrogen and oxygen atoms in total. The van der Waals surface area contributed by atoms with E-state index in [0.717, 1.165) is 18.2 Å². The normalized spacial score (nSPS) is 13.2. The number of carboxylic acids is 1. The molecule has 0 aliphatic carbocycles. The topological polar surface area (TPSA) is 397 Å². The van der Waals surface area contributed by atoms with Crippen LogP contribution >= 0.6 is 23.2 Å². The Hall–Kier alpha value is -12.1. The van der Waals surface area contributed by atoms with Crippen molar-refractivity contribution in [2.75, 3.05) is 10.0 Å². The summed E-state index contributed by atoms with van der Waals surface area (Å²) in [6.45, 7) is 29.4. The highest BCUT2D eigenvalue weighted by Crippen LogP contribution is 2.58. The largest absolute Gasteiger partial charge is 0.507 e. The molecule has 10 aromatic carbocycles. The number of aliphatic carboxylic acids is 1. The molecule has 2 heterocycles. The lowest BCUT2D eigenvalue weighted by Gasteiger charge is -2.23. The number of benzene rings is 10. The van der Waals surface area contributed by atoms with Gasteiger partial charge in [-0.25, -0.2) is 0 Å². The molecule has 0 radical (unpaired) electrons. The first kappa shape index (κ1) is 81.0. The maximum atomic E-state index is 13.9. The number of phenolic OH excluding ortho intramolecular Hbond substituents is 12. The number of rotatable bonds is 12. The summed E-state index contributed by atoms with van der Waals surface area (Å²) in [5.74, 6) is -8.54. The van der Waals surface area contributed by atoms with Crippen molar-refractivity contribution in [1.82, 2.24) is 0 Å². The number of carbonyl (C=O) groups is 6. The number of hydrogen-bond donors (Lipinski definition) is 13. The standard InChI is InChI=1S/C41H39ClN2O8.C30H30O8.C11H11ClN2O.C2H4O2/c1-16(2)28-23-12-19(6)30(31-20(7)13-24-29(17(3)4)40(51)36(47)26(15-45)33(24)38(31)49)37(48)32(23)25(35(46)39(28)50)14-22-21(8)43-44(41(22)52)34-18(5)10-9-11-27(34)42;1-11(2)19-15-7-13(5)21(27(35)23(15)17(9-31)25(33)29(19)37)22-14(6)8-16-20(12(3)4)30(38)26(34)18(10-32)24(16)28(22)36;1-7-4-3-5-9(12)11(7)14-10(15)6-8(2)13-14;1-2(3)4/h9-17,46-51H,1-8H3;7-12,33-38H,1-6H3;3-5H,6H2,1-2H3;1H3,(H,3,4)/b22-14-;;;. The Morgan fingerprint density at radius 2 is 0.688 bits per heavy atom. The zero-order valence-corrected chi connectivity index (χ0v) is 64.4. The number of aromatic hydroxyl groups is 12. The molecular formula is C84H84Cl2N4O19. The summed E-state index contributed by atoms with van der Waals surface area (Å²) >= 11 is 12.5. The summed E-state index contributed by atoms with van der Waals surface area (Å²) in [4.78, 5) is 70.9. The molecule has 0 bridgehead atoms. The molecule has 0 saturated heterocycles. The second-order valence-electron chi connectivity index (χ2n) is 28.3. The van der Waals surface area contributed by atoms with Gasteiger partial charge in [-0.3, -0.25) is 28.8 Å². The predicted molar refractivity (Wildman–Crippen MR) is 425 cm³/mol. The van der Waals surface area contributed by atoms with Crippen LogP contribution in [0.25, 0.3) is 71.4 Å². The third-order valence-electron chi connectivity index (χ3n) is 19.4. The molecule has 13 N–H and O–H groups in total. The molecule has 2 aliphatic rings. The number of anilines is 2. The van der Waals surface area contributed by atoms with Crippen molar-refractivity contribution in [3.8, 4) is 91.2 Å². The Labute approximate surface area is 637 Å². The average molecular weight is 1520 g/mol. The number of carboxylic acid groups (broad SMARTS) is 1. The first-order chi connectivity index (χ1) is 51.1. The van der Waals surface area contributed by atoms with Crippen molar-refractivity contribution in [1.29, 1.82) is 0 Å². The van der Waals surface area contributed by atoms with Gasteiger partial charge in [0.2, 0.25) is 0 Å². The monoisotopic (exact) mass is 1520 g/mol. The molecule has 0 saturated carbocycles. The summed E-state index contributed by atoms with van der Waals surface area (Å²) < 4.78 is 0. The van der Waals surface area contributed by atoms with Crippen molar-refractivity contribution in [3.63, 3.8) is 0 Å². The molecule has 0 spiro atoms. The van der Waals surface area contributed by atoms with E-state index < -0.39 is 75.1 Å². The number of phenols is 12. The molecule has 2 aliphatic heterocycles. The number of aryl methyl sites for hydroxylation is 6. The van der Waals surface area contributed by atoms with Crippen molar-refractivity contribution >= 4 is 132 Å². The van der Waals surface area contributed by atoms with Crippen molar-refractivity contribution in [3.05, 3.63) is 154 Å². The Bertz CT molecular complexity index is 5520. The zero-order chi connectivity index (χ0) is 81.2. The first-order valence-corrected chi connectivity index (χ1v) is 35.3. The van der Waals surface area contributed by atoms with Gasteiger partial charge in [-0.2, -0.15) is 20.2 Å². The Morgan fingerprint density at radius 1 is 0.413 bits per heavy atom. The number of fused-ring (bicyclic) bond motifs is 4. The number of hydrazone groups is 2. The Morgan fingerprint density at radius 3 is 0.945 bits per heavy atom. The van der Waals surface area contributed by atoms with Crippen LogP contribution in [-0.2, 0) is 14.4 Å². The van der Waals surface area contributed by atoms with Gasteiger partial charge >= 0.3 is 0 Å². The Kier molecular flexibility index (Phi) is 23.1. The van der Waals surface area contributed by atoms with Gasteiger partial charge in [-0.15, -0.1) is 0 Å². The third-order valence-corrected chi connectivity index (χ3v) is 20.0. The molecule has 25 heteroatoms. The van der Waals surface area contributed by atoms with Crippen LogP contribution < -0.4 is 10.0 Å². The minimum Gasteiger partial charge on any atom is -0.507 e. The van der Waals surface area contributed by atoms with E-state index in [1.54, 1.807) is 132 Å². The minimum atomic E-state index is -0.833. The highest BCUT2D eigenvalue weighted by atomic mass is 35.5. The lowest BCUT2D eigenvalue weighted by atomic mass is 9.83. The molecule has 0 atom stereocenters. The molecule has 109 heavy (non-hydrogen) atoms. The fourth-order valence-electron chi connectivity index (χ4n) is 14.7. The highest BCUT2D eigenvalue weighted by molar-refractivity contribution is 6.38. The number of halogens is 2. The van der Waals surface area contributed by atoms with Crippen LogP contribution in [-0.4, -0.2) is 114 Å². The van der Waals surface area contributed by atoms with Gasteiger partial charge in [0, 0.05) is 84.3 Å². The van der Waals surface area contributed by atoms with Gasteiger partial charge in [-0.05, 0) is 152 Å². The maximum Gasteiger partial charge on any atom is 0.300 e. The number of hydrogen-bond acceptors (Lipinski definition) is 20. The average Bonchev–Trinajstić information content (AvgIpc) is 0.871. The van der Waals surface area contributed by atoms with Crippen molar-refractivity contribution < 1.29 is 95.2 Å². The second-order valence-corrected chi connectivity index (χ2v) is 29.2. The van der Waals surface area contributed by atoms with Gasteiger partial charge in [0.1, 0.15) is 23.0 Å². The van der Waals surface area contributed by atoms with Crippen LogP contribution in [0, 0.1) is 41.5 Å². The van der Waals surface area contributed by atoms with Crippen molar-refractivity contribution in [2.45, 2.75) is 148 Å². The van der Waals surface area contributed by atoms with E-state index in [9.17, 15) is 85.3 Å². The van der Waals surface area contributed by atoms with Gasteiger partial charge < -0.3 is 66.4 Å². The number of para-hydroxylation sites is 2. The first-order valence-electron chi connectivity index (χ1n) is 34.6. The van der Waals surface area contributed by atoms with Gasteiger partial charge in [0.15, 0.2) is 64.9 Å². The van der Waals surface area contributed by atoms with E-state index in [1.165, 1.54) is 16.1 Å². The second kappa shape index (κ2) is 31.0. The number of amides is 2. The van der Waals surface area contributed by atoms with Crippen LogP contribution in [0.2, 0.25) is 10.0 Å². The lowest BCUT2D eigenvalue weighted by Crippen LogP contribution is -2.22. The van der Waals surface area contributed by atoms with E-state index in [-0.39, 0.29) is 107 Å². The summed E-state index contributed by atoms with van der Waals surface area (Å²) in [7, 11) is 0. The Balaban J connectivity index is 0.000000208. The van der Waals surface area contributed by atoms with Gasteiger partial charge in [0.25, 0.3) is 17.8 Å². The van der Waals surface area contributed by atoms with Crippen molar-refractivity contribution in [2.24, 2.45) is 10.2 Å². The van der Waals surface area contributed by atoms with Crippen LogP contribution in [0.15, 0.2) is 76.4 Å². The van der Waals surface area contributed by atoms with E-state index in [2.05, 4.69) is 10.2 Å². The molecule has 10 aromatic rings. The SMILES string of the molecule is CC(=O)O.CC1=NN(c2c(C)cccc2Cl)C(=O)/C1=C\c1c(O)c(O)c(C(C)C)c2cc(C)c(-c3c(C)cc4c(C(C)C)c(O)c(O)c(C=O)c4c3O)c(O)c12.CC1=NN(c2c(C)cccc2Cl)C(=O)C1.Cc1cc2c(C(C)C)c(O)c(O)c(C=O)c2c(O)c1-c1c(C)cc2c(C(C)C)c(O)c(O)c(C=O)c2c1O. The quantitative estimate of drug-likeness (QED) is 0.0307. The molecule has 0 aromatic heterocycles. The number of aldehydes is 3. The number of nitrogens with zero attached hydrogens (tertiary/aromatic N) is 4. The minimum absolute atomic E-state index is 0.00512. The fraction of sp³-hybridized carbons (Fsp3) is 0.262. The van der Waals surface area contributed by atoms with E-state index in [4.69, 9.17) is 33.1 Å². The summed E-state index contributed by atoms with van der Waals surface area (Å²) in [6, 6.07) is 17.4. The maximum absolute atomic E-state index is 13.9. The molecule has 0 unspecified atom stereocenters. The third kappa shape index (κ3) is 14.0. The van der Waals surface area contributed by atoms with Gasteiger partial charge in [-0.1, -0.05) is 127 Å². The molecular weight excluding hydrogens is 1440 g/mol. The molecule has 2 amide bonds. The van der Waals surface area contributed by atoms with Crippen LogP contribution in [0.4, 0.5) is 11.4 Å². The van der Waals surface area contributed by atoms with E-state index >= 15 is 0 Å². The van der Waals surface area contributed by atoms with E-state index in [0.29, 0.717) is 124 Å². The van der Waals surface area contributed by atoms with Crippen LogP contribution in [0.3, 0.4) is 0 Å². The molecule has 0 fully saturated rings. The van der Waals surface area contributed by atoms with Gasteiger partial charge in [0.05, 0.1) is 55.8 Å². The smallest absolute Gasteiger partial charge is 0.300 e. The zero-order valence-electron chi connectivity index (χ0n) is 62.9. The van der Waals surface area contributed by atoms with Crippen LogP contribution in [0.1, 0.15) is 199 Å². The van der Waals surface area contributed by atoms with Crippen LogP contribution in [0.5, 0.6) is 69.0 Å². The summed E-state index contributed by atoms with van der Waals surface area (Å²) in [5, 5.41) is 156. The number of carbonyl (C=O) groups excluding carboxylic acids is 5.